The number of rotatable bonds is 8. The fourth-order valence-electron chi connectivity index (χ4n) is 2.63. The second-order valence-corrected chi connectivity index (χ2v) is 7.01. The lowest BCUT2D eigenvalue weighted by Gasteiger charge is -2.07. The van der Waals surface area contributed by atoms with E-state index in [4.69, 9.17) is 4.42 Å². The highest BCUT2D eigenvalue weighted by atomic mass is 32.2. The molecule has 2 amide bonds. The molecule has 0 fully saturated rings. The molecule has 2 heterocycles. The summed E-state index contributed by atoms with van der Waals surface area (Å²) in [4.78, 5) is 34.6. The third-order valence-corrected chi connectivity index (χ3v) is 5.00. The number of hydrogen-bond donors (Lipinski definition) is 1. The van der Waals surface area contributed by atoms with Crippen molar-refractivity contribution >= 4 is 29.3 Å². The maximum Gasteiger partial charge on any atom is 0.270 e. The van der Waals surface area contributed by atoms with Gasteiger partial charge in [0.25, 0.3) is 11.6 Å². The van der Waals surface area contributed by atoms with Crippen LogP contribution in [0.2, 0.25) is 0 Å². The van der Waals surface area contributed by atoms with Crippen LogP contribution in [0.25, 0.3) is 11.4 Å². The molecule has 0 bridgehead atoms. The molecule has 0 saturated carbocycles. The molecule has 3 aromatic rings. The van der Waals surface area contributed by atoms with E-state index < -0.39 is 16.7 Å². The van der Waals surface area contributed by atoms with Crippen LogP contribution in [0.3, 0.4) is 0 Å². The first-order chi connectivity index (χ1) is 14.4. The number of nitro benzene ring substituents is 1. The molecule has 1 aromatic carbocycles. The first kappa shape index (κ1) is 21.0. The van der Waals surface area contributed by atoms with Gasteiger partial charge in [0.15, 0.2) is 11.0 Å². The van der Waals surface area contributed by atoms with Crippen molar-refractivity contribution in [2.75, 3.05) is 5.75 Å². The Morgan fingerprint density at radius 2 is 2.17 bits per heavy atom. The van der Waals surface area contributed by atoms with Gasteiger partial charge in [-0.1, -0.05) is 23.9 Å². The molecule has 0 saturated heterocycles. The summed E-state index contributed by atoms with van der Waals surface area (Å²) in [7, 11) is 0. The van der Waals surface area contributed by atoms with E-state index in [1.165, 1.54) is 18.2 Å². The van der Waals surface area contributed by atoms with E-state index in [1.54, 1.807) is 23.0 Å². The highest BCUT2D eigenvalue weighted by Gasteiger charge is 2.19. The molecule has 10 nitrogen and oxygen atoms in total. The van der Waals surface area contributed by atoms with E-state index in [0.717, 1.165) is 23.4 Å². The first-order valence-corrected chi connectivity index (χ1v) is 9.69. The number of thioether (sulfide) groups is 1. The van der Waals surface area contributed by atoms with Gasteiger partial charge in [0.05, 0.1) is 22.5 Å². The van der Waals surface area contributed by atoms with Crippen molar-refractivity contribution in [3.8, 4) is 11.4 Å². The van der Waals surface area contributed by atoms with Crippen LogP contribution in [-0.4, -0.2) is 37.3 Å². The Kier molecular flexibility index (Phi) is 6.42. The maximum absolute atomic E-state index is 12.2. The Hall–Kier alpha value is -3.73. The number of carbonyl (C=O) groups is 2. The molecule has 30 heavy (non-hydrogen) atoms. The summed E-state index contributed by atoms with van der Waals surface area (Å²) < 4.78 is 7.09. The molecule has 0 aliphatic rings. The van der Waals surface area contributed by atoms with Crippen LogP contribution in [0.4, 0.5) is 5.69 Å². The third kappa shape index (κ3) is 4.63. The Balaban J connectivity index is 1.67. The number of hydrogen-bond acceptors (Lipinski definition) is 8. The lowest BCUT2D eigenvalue weighted by Crippen LogP contribution is -2.31. The van der Waals surface area contributed by atoms with Crippen molar-refractivity contribution < 1.29 is 18.9 Å². The molecular weight excluding hydrogens is 410 g/mol. The van der Waals surface area contributed by atoms with Crippen molar-refractivity contribution in [2.24, 2.45) is 0 Å². The van der Waals surface area contributed by atoms with Gasteiger partial charge in [0.1, 0.15) is 5.76 Å². The number of amides is 2. The summed E-state index contributed by atoms with van der Waals surface area (Å²) in [6, 6.07) is 6.92. The molecule has 0 spiro atoms. The normalized spacial score (nSPS) is 10.6. The largest absolute Gasteiger partial charge is 0.469 e. The van der Waals surface area contributed by atoms with Gasteiger partial charge in [0.2, 0.25) is 5.91 Å². The number of furan rings is 1. The molecule has 0 atom stereocenters. The molecule has 154 valence electrons. The molecule has 11 heteroatoms. The summed E-state index contributed by atoms with van der Waals surface area (Å²) in [5.74, 6) is -0.112. The summed E-state index contributed by atoms with van der Waals surface area (Å²) in [6.45, 7) is 5.96. The van der Waals surface area contributed by atoms with Crippen LogP contribution in [0, 0.1) is 17.0 Å². The quantitative estimate of drug-likeness (QED) is 0.251. The third-order valence-electron chi connectivity index (χ3n) is 4.03. The summed E-state index contributed by atoms with van der Waals surface area (Å²) in [5.41, 5.74) is 0.570. The topological polar surface area (TPSA) is 133 Å². The minimum absolute atomic E-state index is 0.0232. The van der Waals surface area contributed by atoms with E-state index in [-0.39, 0.29) is 17.0 Å². The van der Waals surface area contributed by atoms with Gasteiger partial charge in [-0.25, -0.2) is 0 Å². The van der Waals surface area contributed by atoms with Gasteiger partial charge >= 0.3 is 0 Å². The number of aryl methyl sites for hydroxylation is 1. The van der Waals surface area contributed by atoms with Crippen LogP contribution in [0.1, 0.15) is 16.1 Å². The fourth-order valence-corrected chi connectivity index (χ4v) is 3.38. The van der Waals surface area contributed by atoms with E-state index in [1.807, 2.05) is 6.92 Å². The second kappa shape index (κ2) is 9.18. The molecule has 0 aliphatic heterocycles. The number of nitrogens with zero attached hydrogens (tertiary/aromatic N) is 4. The molecule has 0 aliphatic carbocycles. The first-order valence-electron chi connectivity index (χ1n) is 8.70. The Morgan fingerprint density at radius 1 is 1.37 bits per heavy atom. The zero-order valence-electron chi connectivity index (χ0n) is 15.9. The Labute approximate surface area is 175 Å². The molecular formula is C19H17N5O5S. The molecule has 0 radical (unpaired) electrons. The SMILES string of the molecule is C=CCn1c(SCC(=O)NC(=O)c2cccc([N+](=O)[O-])c2)nnc1-c1ccoc1C. The summed E-state index contributed by atoms with van der Waals surface area (Å²) in [5, 5.41) is 21.8. The van der Waals surface area contributed by atoms with Crippen molar-refractivity contribution in [3.05, 3.63) is 70.7 Å². The van der Waals surface area contributed by atoms with Gasteiger partial charge in [-0.05, 0) is 19.1 Å². The summed E-state index contributed by atoms with van der Waals surface area (Å²) >= 11 is 1.10. The smallest absolute Gasteiger partial charge is 0.270 e. The van der Waals surface area contributed by atoms with E-state index in [0.29, 0.717) is 23.3 Å². The van der Waals surface area contributed by atoms with Crippen LogP contribution >= 0.6 is 11.8 Å². The molecule has 1 N–H and O–H groups in total. The molecule has 3 rings (SSSR count). The number of allylic oxidation sites excluding steroid dienone is 1. The predicted molar refractivity (Wildman–Crippen MR) is 109 cm³/mol. The number of carbonyl (C=O) groups excluding carboxylic acids is 2. The van der Waals surface area contributed by atoms with Crippen LogP contribution in [0.5, 0.6) is 0 Å². The van der Waals surface area contributed by atoms with Crippen molar-refractivity contribution in [1.29, 1.82) is 0 Å². The highest BCUT2D eigenvalue weighted by molar-refractivity contribution is 7.99. The minimum Gasteiger partial charge on any atom is -0.469 e. The number of imide groups is 1. The lowest BCUT2D eigenvalue weighted by atomic mass is 10.2. The van der Waals surface area contributed by atoms with Gasteiger partial charge in [0, 0.05) is 24.2 Å². The number of benzene rings is 1. The summed E-state index contributed by atoms with van der Waals surface area (Å²) in [6.07, 6.45) is 3.23. The van der Waals surface area contributed by atoms with Crippen molar-refractivity contribution in [3.63, 3.8) is 0 Å². The van der Waals surface area contributed by atoms with Gasteiger partial charge in [-0.15, -0.1) is 16.8 Å². The molecule has 2 aromatic heterocycles. The van der Waals surface area contributed by atoms with Gasteiger partial charge < -0.3 is 4.42 Å². The number of nitrogens with one attached hydrogen (secondary N) is 1. The monoisotopic (exact) mass is 427 g/mol. The Morgan fingerprint density at radius 3 is 2.83 bits per heavy atom. The van der Waals surface area contributed by atoms with Crippen molar-refractivity contribution in [2.45, 2.75) is 18.6 Å². The van der Waals surface area contributed by atoms with Crippen LogP contribution in [0.15, 0.2) is 58.8 Å². The van der Waals surface area contributed by atoms with Gasteiger partial charge in [-0.2, -0.15) is 0 Å². The standard InChI is InChI=1S/C19H17N5O5S/c1-3-8-23-17(15-7-9-29-12(15)2)21-22-19(23)30-11-16(25)20-18(26)13-5-4-6-14(10-13)24(27)28/h3-7,9-10H,1,8,11H2,2H3,(H,20,25,26). The van der Waals surface area contributed by atoms with Crippen LogP contribution in [-0.2, 0) is 11.3 Å². The molecule has 0 unspecified atom stereocenters. The van der Waals surface area contributed by atoms with E-state index in [9.17, 15) is 19.7 Å². The van der Waals surface area contributed by atoms with Gasteiger partial charge in [-0.3, -0.25) is 29.6 Å². The highest BCUT2D eigenvalue weighted by Crippen LogP contribution is 2.27. The zero-order valence-corrected chi connectivity index (χ0v) is 16.7. The number of nitro groups is 1. The maximum atomic E-state index is 12.2. The average Bonchev–Trinajstić information content (AvgIpc) is 3.32. The second-order valence-electron chi connectivity index (χ2n) is 6.07. The lowest BCUT2D eigenvalue weighted by molar-refractivity contribution is -0.384. The number of aromatic nitrogens is 3. The van der Waals surface area contributed by atoms with Crippen LogP contribution < -0.4 is 5.32 Å². The zero-order chi connectivity index (χ0) is 21.7. The number of non-ortho nitro benzene ring substituents is 1. The Bertz CT molecular complexity index is 1120. The van der Waals surface area contributed by atoms with E-state index in [2.05, 4.69) is 22.1 Å². The van der Waals surface area contributed by atoms with E-state index >= 15 is 0 Å². The predicted octanol–water partition coefficient (Wildman–Crippen LogP) is 2.99. The fraction of sp³-hybridized carbons (Fsp3) is 0.158. The average molecular weight is 427 g/mol. The van der Waals surface area contributed by atoms with Crippen molar-refractivity contribution in [1.82, 2.24) is 20.1 Å². The minimum atomic E-state index is -0.716.